The second kappa shape index (κ2) is 11.4. The van der Waals surface area contributed by atoms with Crippen LogP contribution >= 0.6 is 0 Å². The standard InChI is InChI=1S/C13H22N6O8/c1-5(21)2-8(12(25)26)17-13(27)16-7(3-9(15)22)11(24)19-18-10(23)6(14)4-20/h6-8,20H,2-4,14H2,1H3,(H2,15,22)(H,18,23)(H,19,24)(H,25,26)(H2,16,17,27). The fourth-order valence-electron chi connectivity index (χ4n) is 1.64. The summed E-state index contributed by atoms with van der Waals surface area (Å²) in [6.45, 7) is 0.429. The Morgan fingerprint density at radius 2 is 1.44 bits per heavy atom. The molecule has 0 aromatic heterocycles. The summed E-state index contributed by atoms with van der Waals surface area (Å²) in [7, 11) is 0. The van der Waals surface area contributed by atoms with Gasteiger partial charge in [-0.3, -0.25) is 30.0 Å². The smallest absolute Gasteiger partial charge is 0.326 e. The molecule has 0 aromatic rings. The molecule has 0 aliphatic carbocycles. The number of carbonyl (C=O) groups excluding carboxylic acids is 5. The molecule has 0 bridgehead atoms. The van der Waals surface area contributed by atoms with Crippen LogP contribution in [0.25, 0.3) is 0 Å². The maximum atomic E-state index is 12.0. The molecule has 27 heavy (non-hydrogen) atoms. The first kappa shape index (κ1) is 23.7. The van der Waals surface area contributed by atoms with Crippen molar-refractivity contribution in [2.24, 2.45) is 11.5 Å². The quantitative estimate of drug-likeness (QED) is 0.167. The lowest BCUT2D eigenvalue weighted by molar-refractivity contribution is -0.140. The lowest BCUT2D eigenvalue weighted by Gasteiger charge is -2.20. The molecule has 3 unspecified atom stereocenters. The number of rotatable bonds is 10. The zero-order chi connectivity index (χ0) is 21.1. The highest BCUT2D eigenvalue weighted by molar-refractivity contribution is 5.94. The Morgan fingerprint density at radius 3 is 1.89 bits per heavy atom. The molecule has 0 aliphatic heterocycles. The number of primary amides is 1. The number of urea groups is 1. The highest BCUT2D eigenvalue weighted by Crippen LogP contribution is 1.96. The summed E-state index contributed by atoms with van der Waals surface area (Å²) in [5, 5.41) is 21.6. The fourth-order valence-corrected chi connectivity index (χ4v) is 1.64. The van der Waals surface area contributed by atoms with Crippen molar-refractivity contribution < 1.29 is 39.0 Å². The zero-order valence-electron chi connectivity index (χ0n) is 14.4. The van der Waals surface area contributed by atoms with Crippen LogP contribution in [0.2, 0.25) is 0 Å². The van der Waals surface area contributed by atoms with Gasteiger partial charge in [-0.2, -0.15) is 0 Å². The predicted molar refractivity (Wildman–Crippen MR) is 87.3 cm³/mol. The number of hydrogen-bond donors (Lipinski definition) is 8. The second-order valence-electron chi connectivity index (χ2n) is 5.41. The third-order valence-electron chi connectivity index (χ3n) is 2.96. The van der Waals surface area contributed by atoms with E-state index in [1.54, 1.807) is 0 Å². The van der Waals surface area contributed by atoms with E-state index in [4.69, 9.17) is 21.7 Å². The largest absolute Gasteiger partial charge is 0.480 e. The van der Waals surface area contributed by atoms with Crippen molar-refractivity contribution in [3.8, 4) is 0 Å². The Labute approximate surface area is 153 Å². The van der Waals surface area contributed by atoms with Crippen molar-refractivity contribution in [1.29, 1.82) is 0 Å². The zero-order valence-corrected chi connectivity index (χ0v) is 14.4. The molecule has 5 amide bonds. The van der Waals surface area contributed by atoms with Crippen LogP contribution in [0.4, 0.5) is 4.79 Å². The van der Waals surface area contributed by atoms with E-state index in [1.165, 1.54) is 0 Å². The molecular formula is C13H22N6O8. The molecule has 3 atom stereocenters. The van der Waals surface area contributed by atoms with Crippen LogP contribution in [0.3, 0.4) is 0 Å². The topological polar surface area (TPSA) is 243 Å². The van der Waals surface area contributed by atoms with E-state index in [-0.39, 0.29) is 0 Å². The van der Waals surface area contributed by atoms with Gasteiger partial charge in [0, 0.05) is 6.42 Å². The number of nitrogens with one attached hydrogen (secondary N) is 4. The van der Waals surface area contributed by atoms with E-state index in [0.29, 0.717) is 0 Å². The maximum Gasteiger partial charge on any atom is 0.326 e. The van der Waals surface area contributed by atoms with Gasteiger partial charge in [-0.1, -0.05) is 0 Å². The summed E-state index contributed by atoms with van der Waals surface area (Å²) in [6, 6.07) is -5.61. The van der Waals surface area contributed by atoms with E-state index in [0.717, 1.165) is 6.92 Å². The number of carboxylic acids is 1. The van der Waals surface area contributed by atoms with E-state index in [1.807, 2.05) is 21.5 Å². The summed E-state index contributed by atoms with van der Waals surface area (Å²) in [4.78, 5) is 68.3. The van der Waals surface area contributed by atoms with Gasteiger partial charge >= 0.3 is 12.0 Å². The van der Waals surface area contributed by atoms with Crippen LogP contribution in [0.1, 0.15) is 19.8 Å². The van der Waals surface area contributed by atoms with Gasteiger partial charge < -0.3 is 32.3 Å². The van der Waals surface area contributed by atoms with E-state index >= 15 is 0 Å². The molecule has 0 radical (unpaired) electrons. The number of Topliss-reactive ketones (excluding diaryl/α,β-unsaturated/α-hetero) is 1. The number of carboxylic acid groups (broad SMARTS) is 1. The molecule has 0 aliphatic rings. The Kier molecular flexibility index (Phi) is 10.0. The van der Waals surface area contributed by atoms with Crippen LogP contribution in [0, 0.1) is 0 Å². The Hall–Kier alpha value is -3.26. The first-order valence-electron chi connectivity index (χ1n) is 7.51. The average molecular weight is 390 g/mol. The monoisotopic (exact) mass is 390 g/mol. The molecule has 0 heterocycles. The minimum absolute atomic E-state index is 0.495. The van der Waals surface area contributed by atoms with Gasteiger partial charge in [-0.25, -0.2) is 9.59 Å². The SMILES string of the molecule is CC(=O)CC(NC(=O)NC(CC(N)=O)C(=O)NNC(=O)C(N)CO)C(=O)O. The minimum atomic E-state index is -1.57. The molecule has 152 valence electrons. The van der Waals surface area contributed by atoms with Crippen molar-refractivity contribution in [3.63, 3.8) is 0 Å². The summed E-state index contributed by atoms with van der Waals surface area (Å²) in [6.07, 6.45) is -1.17. The van der Waals surface area contributed by atoms with Gasteiger partial charge in [0.2, 0.25) is 5.91 Å². The molecular weight excluding hydrogens is 368 g/mol. The molecule has 14 heteroatoms. The molecule has 0 saturated heterocycles. The maximum absolute atomic E-state index is 12.0. The Morgan fingerprint density at radius 1 is 0.926 bits per heavy atom. The van der Waals surface area contributed by atoms with Gasteiger partial charge in [0.1, 0.15) is 23.9 Å². The Balaban J connectivity index is 4.93. The number of aliphatic hydroxyl groups is 1. The number of carbonyl (C=O) groups is 6. The number of aliphatic carboxylic acids is 1. The van der Waals surface area contributed by atoms with E-state index in [9.17, 15) is 28.8 Å². The van der Waals surface area contributed by atoms with Crippen molar-refractivity contribution in [2.75, 3.05) is 6.61 Å². The molecule has 0 aromatic carbocycles. The molecule has 0 rings (SSSR count). The average Bonchev–Trinajstić information content (AvgIpc) is 2.56. The number of amides is 5. The third kappa shape index (κ3) is 9.71. The van der Waals surface area contributed by atoms with Crippen LogP contribution in [-0.4, -0.2) is 70.5 Å². The molecule has 0 fully saturated rings. The number of hydrogen-bond acceptors (Lipinski definition) is 8. The summed E-state index contributed by atoms with van der Waals surface area (Å²) in [5.41, 5.74) is 13.9. The lowest BCUT2D eigenvalue weighted by atomic mass is 10.1. The first-order valence-corrected chi connectivity index (χ1v) is 7.51. The van der Waals surface area contributed by atoms with Gasteiger partial charge in [-0.15, -0.1) is 0 Å². The number of aliphatic hydroxyl groups excluding tert-OH is 1. The van der Waals surface area contributed by atoms with E-state index < -0.39 is 73.1 Å². The van der Waals surface area contributed by atoms with Crippen LogP contribution < -0.4 is 33.0 Å². The van der Waals surface area contributed by atoms with Crippen molar-refractivity contribution >= 4 is 35.5 Å². The van der Waals surface area contributed by atoms with Crippen LogP contribution in [0.5, 0.6) is 0 Å². The van der Waals surface area contributed by atoms with E-state index in [2.05, 4.69) is 0 Å². The number of ketones is 1. The van der Waals surface area contributed by atoms with Gasteiger partial charge in [0.25, 0.3) is 11.8 Å². The van der Waals surface area contributed by atoms with Crippen LogP contribution in [0.15, 0.2) is 0 Å². The second-order valence-corrected chi connectivity index (χ2v) is 5.41. The highest BCUT2D eigenvalue weighted by atomic mass is 16.4. The minimum Gasteiger partial charge on any atom is -0.480 e. The third-order valence-corrected chi connectivity index (χ3v) is 2.96. The highest BCUT2D eigenvalue weighted by Gasteiger charge is 2.27. The number of nitrogens with two attached hydrogens (primary N) is 2. The van der Waals surface area contributed by atoms with Crippen LogP contribution in [-0.2, 0) is 24.0 Å². The molecule has 10 N–H and O–H groups in total. The van der Waals surface area contributed by atoms with Crippen molar-refractivity contribution in [2.45, 2.75) is 37.9 Å². The Bertz CT molecular complexity index is 610. The molecule has 0 saturated carbocycles. The lowest BCUT2D eigenvalue weighted by Crippen LogP contribution is -2.58. The summed E-state index contributed by atoms with van der Waals surface area (Å²) < 4.78 is 0. The summed E-state index contributed by atoms with van der Waals surface area (Å²) in [5.74, 6) is -4.98. The van der Waals surface area contributed by atoms with Crippen molar-refractivity contribution in [3.05, 3.63) is 0 Å². The number of hydrazine groups is 1. The van der Waals surface area contributed by atoms with Gasteiger partial charge in [0.15, 0.2) is 0 Å². The molecule has 0 spiro atoms. The fraction of sp³-hybridized carbons (Fsp3) is 0.538. The first-order chi connectivity index (χ1) is 12.5. The predicted octanol–water partition coefficient (Wildman–Crippen LogP) is -4.57. The van der Waals surface area contributed by atoms with Gasteiger partial charge in [-0.05, 0) is 6.92 Å². The van der Waals surface area contributed by atoms with Crippen molar-refractivity contribution in [1.82, 2.24) is 21.5 Å². The van der Waals surface area contributed by atoms with Gasteiger partial charge in [0.05, 0.1) is 13.0 Å². The normalized spacial score (nSPS) is 13.4. The summed E-state index contributed by atoms with van der Waals surface area (Å²) >= 11 is 0. The molecule has 14 nitrogen and oxygen atoms in total.